The highest BCUT2D eigenvalue weighted by molar-refractivity contribution is 5.33. The summed E-state index contributed by atoms with van der Waals surface area (Å²) in [7, 11) is 0. The number of piperazine rings is 1. The average Bonchev–Trinajstić information content (AvgIpc) is 2.66. The van der Waals surface area contributed by atoms with E-state index in [2.05, 4.69) is 21.6 Å². The number of rotatable bonds is 5. The zero-order chi connectivity index (χ0) is 18.2. The standard InChI is InChI=1S/C22H25FN2O/c23-22-11-5-4-10-20(22)17-25-15-14-24(18-21(25)12-16-26)13-6-9-19-7-2-1-3-8-19/h1-5,7-8,10-11,21,26H,12-18H2/t21-/m0/s1. The highest BCUT2D eigenvalue weighted by Gasteiger charge is 2.26. The topological polar surface area (TPSA) is 26.7 Å². The maximum Gasteiger partial charge on any atom is 0.127 e. The van der Waals surface area contributed by atoms with Gasteiger partial charge in [-0.15, -0.1) is 0 Å². The lowest BCUT2D eigenvalue weighted by atomic mass is 10.1. The normalized spacial score (nSPS) is 18.3. The van der Waals surface area contributed by atoms with Crippen molar-refractivity contribution < 1.29 is 9.50 Å². The van der Waals surface area contributed by atoms with Crippen molar-refractivity contribution >= 4 is 0 Å². The van der Waals surface area contributed by atoms with Gasteiger partial charge in [0.25, 0.3) is 0 Å². The summed E-state index contributed by atoms with van der Waals surface area (Å²) >= 11 is 0. The minimum atomic E-state index is -0.161. The van der Waals surface area contributed by atoms with E-state index >= 15 is 0 Å². The van der Waals surface area contributed by atoms with Crippen molar-refractivity contribution in [1.82, 2.24) is 9.80 Å². The van der Waals surface area contributed by atoms with E-state index in [-0.39, 0.29) is 18.5 Å². The van der Waals surface area contributed by atoms with E-state index in [1.807, 2.05) is 42.5 Å². The summed E-state index contributed by atoms with van der Waals surface area (Å²) in [5.74, 6) is 6.27. The van der Waals surface area contributed by atoms with Crippen LogP contribution in [0.1, 0.15) is 17.5 Å². The molecule has 2 aromatic rings. The van der Waals surface area contributed by atoms with Crippen LogP contribution in [-0.4, -0.2) is 53.7 Å². The Morgan fingerprint density at radius 3 is 2.58 bits per heavy atom. The van der Waals surface area contributed by atoms with Crippen molar-refractivity contribution in [3.8, 4) is 11.8 Å². The van der Waals surface area contributed by atoms with E-state index in [0.717, 1.165) is 25.2 Å². The van der Waals surface area contributed by atoms with Gasteiger partial charge < -0.3 is 5.11 Å². The Labute approximate surface area is 155 Å². The number of hydrogen-bond donors (Lipinski definition) is 1. The Morgan fingerprint density at radius 2 is 1.81 bits per heavy atom. The summed E-state index contributed by atoms with van der Waals surface area (Å²) in [5, 5.41) is 9.42. The Kier molecular flexibility index (Phi) is 6.79. The van der Waals surface area contributed by atoms with Crippen LogP contribution in [0.4, 0.5) is 4.39 Å². The summed E-state index contributed by atoms with van der Waals surface area (Å²) < 4.78 is 14.0. The molecule has 0 radical (unpaired) electrons. The van der Waals surface area contributed by atoms with E-state index in [9.17, 15) is 9.50 Å². The molecule has 0 saturated carbocycles. The molecular formula is C22H25FN2O. The number of aliphatic hydroxyl groups excluding tert-OH is 1. The van der Waals surface area contributed by atoms with Crippen molar-refractivity contribution in [2.24, 2.45) is 0 Å². The second-order valence-electron chi connectivity index (χ2n) is 6.63. The quantitative estimate of drug-likeness (QED) is 0.839. The van der Waals surface area contributed by atoms with Crippen molar-refractivity contribution in [3.05, 3.63) is 71.5 Å². The molecule has 136 valence electrons. The lowest BCUT2D eigenvalue weighted by Crippen LogP contribution is -2.53. The van der Waals surface area contributed by atoms with Gasteiger partial charge in [0.1, 0.15) is 5.82 Å². The van der Waals surface area contributed by atoms with Crippen molar-refractivity contribution in [1.29, 1.82) is 0 Å². The molecule has 0 unspecified atom stereocenters. The van der Waals surface area contributed by atoms with Gasteiger partial charge in [0.05, 0.1) is 6.54 Å². The monoisotopic (exact) mass is 352 g/mol. The van der Waals surface area contributed by atoms with E-state index < -0.39 is 0 Å². The first-order valence-corrected chi connectivity index (χ1v) is 9.11. The average molecular weight is 352 g/mol. The second-order valence-corrected chi connectivity index (χ2v) is 6.63. The molecule has 3 rings (SSSR count). The molecule has 1 N–H and O–H groups in total. The van der Waals surface area contributed by atoms with E-state index in [1.54, 1.807) is 6.07 Å². The maximum absolute atomic E-state index is 14.0. The summed E-state index contributed by atoms with van der Waals surface area (Å²) in [6.07, 6.45) is 0.692. The summed E-state index contributed by atoms with van der Waals surface area (Å²) in [5.41, 5.74) is 1.74. The lowest BCUT2D eigenvalue weighted by Gasteiger charge is -2.40. The summed E-state index contributed by atoms with van der Waals surface area (Å²) in [6.45, 7) is 4.04. The van der Waals surface area contributed by atoms with Crippen LogP contribution >= 0.6 is 0 Å². The Balaban J connectivity index is 1.59. The van der Waals surface area contributed by atoms with E-state index in [4.69, 9.17) is 0 Å². The number of halogens is 1. The van der Waals surface area contributed by atoms with Gasteiger partial charge in [-0.3, -0.25) is 9.80 Å². The van der Waals surface area contributed by atoms with Gasteiger partial charge in [0.15, 0.2) is 0 Å². The van der Waals surface area contributed by atoms with E-state index in [1.165, 1.54) is 6.07 Å². The Morgan fingerprint density at radius 1 is 1.04 bits per heavy atom. The van der Waals surface area contributed by atoms with Crippen molar-refractivity contribution in [2.75, 3.05) is 32.8 Å². The number of nitrogens with zero attached hydrogens (tertiary/aromatic N) is 2. The van der Waals surface area contributed by atoms with Crippen LogP contribution in [0.5, 0.6) is 0 Å². The van der Waals surface area contributed by atoms with Gasteiger partial charge in [-0.05, 0) is 24.6 Å². The summed E-state index contributed by atoms with van der Waals surface area (Å²) in [6, 6.07) is 17.1. The number of benzene rings is 2. The van der Waals surface area contributed by atoms with Gasteiger partial charge in [-0.2, -0.15) is 0 Å². The highest BCUT2D eigenvalue weighted by atomic mass is 19.1. The van der Waals surface area contributed by atoms with Crippen LogP contribution < -0.4 is 0 Å². The fraction of sp³-hybridized carbons (Fsp3) is 0.364. The molecule has 2 aromatic carbocycles. The van der Waals surface area contributed by atoms with Crippen LogP contribution in [0.2, 0.25) is 0 Å². The SMILES string of the molecule is OCC[C@H]1CN(CC#Cc2ccccc2)CCN1Cc1ccccc1F. The smallest absolute Gasteiger partial charge is 0.127 e. The third-order valence-corrected chi connectivity index (χ3v) is 4.79. The van der Waals surface area contributed by atoms with Crippen molar-refractivity contribution in [3.63, 3.8) is 0 Å². The third kappa shape index (κ3) is 5.15. The predicted molar refractivity (Wildman–Crippen MR) is 102 cm³/mol. The maximum atomic E-state index is 14.0. The molecule has 26 heavy (non-hydrogen) atoms. The molecule has 0 aliphatic carbocycles. The highest BCUT2D eigenvalue weighted by Crippen LogP contribution is 2.18. The molecule has 1 saturated heterocycles. The number of hydrogen-bond acceptors (Lipinski definition) is 3. The summed E-state index contributed by atoms with van der Waals surface area (Å²) in [4.78, 5) is 4.59. The molecule has 0 bridgehead atoms. The van der Waals surface area contributed by atoms with Gasteiger partial charge in [0, 0.05) is 50.0 Å². The minimum Gasteiger partial charge on any atom is -0.396 e. The van der Waals surface area contributed by atoms with Crippen molar-refractivity contribution in [2.45, 2.75) is 19.0 Å². The first kappa shape index (κ1) is 18.6. The largest absolute Gasteiger partial charge is 0.396 e. The Hall–Kier alpha value is -2.19. The zero-order valence-electron chi connectivity index (χ0n) is 14.9. The van der Waals surface area contributed by atoms with Gasteiger partial charge >= 0.3 is 0 Å². The zero-order valence-corrected chi connectivity index (χ0v) is 14.9. The Bertz CT molecular complexity index is 753. The molecule has 1 heterocycles. The second kappa shape index (κ2) is 9.49. The molecule has 3 nitrogen and oxygen atoms in total. The van der Waals surface area contributed by atoms with Gasteiger partial charge in [0.2, 0.25) is 0 Å². The van der Waals surface area contributed by atoms with Crippen LogP contribution in [-0.2, 0) is 6.54 Å². The fourth-order valence-electron chi connectivity index (χ4n) is 3.35. The first-order valence-electron chi connectivity index (χ1n) is 9.11. The molecule has 0 amide bonds. The van der Waals surface area contributed by atoms with Crippen LogP contribution in [0, 0.1) is 17.7 Å². The molecule has 1 fully saturated rings. The fourth-order valence-corrected chi connectivity index (χ4v) is 3.35. The molecule has 0 aromatic heterocycles. The van der Waals surface area contributed by atoms with Gasteiger partial charge in [-0.1, -0.05) is 48.2 Å². The predicted octanol–water partition coefficient (Wildman–Crippen LogP) is 2.75. The minimum absolute atomic E-state index is 0.141. The van der Waals surface area contributed by atoms with Crippen LogP contribution in [0.15, 0.2) is 54.6 Å². The van der Waals surface area contributed by atoms with Crippen LogP contribution in [0.25, 0.3) is 0 Å². The van der Waals surface area contributed by atoms with Crippen LogP contribution in [0.3, 0.4) is 0 Å². The molecule has 1 aliphatic heterocycles. The van der Waals surface area contributed by atoms with E-state index in [0.29, 0.717) is 25.1 Å². The molecule has 0 spiro atoms. The number of aliphatic hydroxyl groups is 1. The molecule has 4 heteroatoms. The molecule has 1 aliphatic rings. The lowest BCUT2D eigenvalue weighted by molar-refractivity contribution is 0.0598. The molecular weight excluding hydrogens is 327 g/mol. The first-order chi connectivity index (χ1) is 12.8. The third-order valence-electron chi connectivity index (χ3n) is 4.79. The van der Waals surface area contributed by atoms with Gasteiger partial charge in [-0.25, -0.2) is 4.39 Å². The molecule has 1 atom stereocenters.